The molecule has 1 aromatic heterocycles. The average molecular weight is 171 g/mol. The lowest BCUT2D eigenvalue weighted by Crippen LogP contribution is -2.02. The Morgan fingerprint density at radius 3 is 2.91 bits per heavy atom. The molecule has 0 saturated heterocycles. The Bertz CT molecular complexity index is 222. The molecule has 0 aliphatic rings. The number of aryl methyl sites for hydroxylation is 1. The molecule has 1 aromatic rings. The van der Waals surface area contributed by atoms with Crippen molar-refractivity contribution in [3.8, 4) is 0 Å². The molecule has 1 heterocycles. The van der Waals surface area contributed by atoms with Crippen LogP contribution in [-0.4, -0.2) is 16.1 Å². The lowest BCUT2D eigenvalue weighted by atomic mass is 10.1. The van der Waals surface area contributed by atoms with E-state index in [0.717, 1.165) is 12.1 Å². The van der Waals surface area contributed by atoms with Crippen molar-refractivity contribution in [3.63, 3.8) is 0 Å². The first-order valence-corrected chi connectivity index (χ1v) is 4.52. The molecule has 2 nitrogen and oxygen atoms in total. The highest BCUT2D eigenvalue weighted by molar-refractivity contribution is 7.05. The fourth-order valence-corrected chi connectivity index (χ4v) is 1.82. The molecule has 1 N–H and O–H groups in total. The monoisotopic (exact) mass is 171 g/mol. The van der Waals surface area contributed by atoms with E-state index in [0.29, 0.717) is 5.92 Å². The summed E-state index contributed by atoms with van der Waals surface area (Å²) in [5, 5.41) is 8.79. The predicted molar refractivity (Wildman–Crippen MR) is 46.8 cm³/mol. The number of aromatic nitrogens is 1. The van der Waals surface area contributed by atoms with E-state index in [9.17, 15) is 0 Å². The average Bonchev–Trinajstić information content (AvgIpc) is 2.35. The van der Waals surface area contributed by atoms with Crippen molar-refractivity contribution in [3.05, 3.63) is 16.6 Å². The largest absolute Gasteiger partial charge is 0.396 e. The van der Waals surface area contributed by atoms with E-state index in [2.05, 4.69) is 10.4 Å². The Labute approximate surface area is 71.1 Å². The van der Waals surface area contributed by atoms with Crippen molar-refractivity contribution >= 4 is 11.5 Å². The Hall–Kier alpha value is -0.410. The van der Waals surface area contributed by atoms with Crippen LogP contribution in [0.5, 0.6) is 0 Å². The zero-order chi connectivity index (χ0) is 8.27. The van der Waals surface area contributed by atoms with Crippen LogP contribution in [0, 0.1) is 12.8 Å². The third-order valence-corrected chi connectivity index (χ3v) is 2.44. The Kier molecular flexibility index (Phi) is 3.02. The summed E-state index contributed by atoms with van der Waals surface area (Å²) < 4.78 is 4.16. The Morgan fingerprint density at radius 2 is 2.45 bits per heavy atom. The summed E-state index contributed by atoms with van der Waals surface area (Å²) in [7, 11) is 0. The summed E-state index contributed by atoms with van der Waals surface area (Å²) in [5.41, 5.74) is 1.08. The van der Waals surface area contributed by atoms with Gasteiger partial charge in [-0.15, -0.1) is 0 Å². The molecule has 0 radical (unpaired) electrons. The summed E-state index contributed by atoms with van der Waals surface area (Å²) in [6.07, 6.45) is 0.946. The Balaban J connectivity index is 2.50. The van der Waals surface area contributed by atoms with Gasteiger partial charge in [0, 0.05) is 11.5 Å². The summed E-state index contributed by atoms with van der Waals surface area (Å²) in [6.45, 7) is 4.29. The van der Waals surface area contributed by atoms with E-state index in [1.54, 1.807) is 0 Å². The number of hydrogen-bond acceptors (Lipinski definition) is 3. The van der Waals surface area contributed by atoms with Crippen LogP contribution < -0.4 is 0 Å². The first-order chi connectivity index (χ1) is 5.22. The van der Waals surface area contributed by atoms with E-state index in [-0.39, 0.29) is 6.61 Å². The van der Waals surface area contributed by atoms with Crippen molar-refractivity contribution in [1.82, 2.24) is 4.37 Å². The van der Waals surface area contributed by atoms with Gasteiger partial charge in [-0.05, 0) is 36.9 Å². The first-order valence-electron chi connectivity index (χ1n) is 3.75. The summed E-state index contributed by atoms with van der Waals surface area (Å²) >= 11 is 1.53. The molecule has 1 unspecified atom stereocenters. The molecule has 11 heavy (non-hydrogen) atoms. The topological polar surface area (TPSA) is 33.1 Å². The van der Waals surface area contributed by atoms with Crippen LogP contribution in [0.25, 0.3) is 0 Å². The van der Waals surface area contributed by atoms with Crippen molar-refractivity contribution < 1.29 is 5.11 Å². The van der Waals surface area contributed by atoms with Crippen molar-refractivity contribution in [1.29, 1.82) is 0 Å². The number of aliphatic hydroxyl groups excluding tert-OH is 1. The van der Waals surface area contributed by atoms with Gasteiger partial charge >= 0.3 is 0 Å². The first kappa shape index (κ1) is 8.68. The van der Waals surface area contributed by atoms with E-state index < -0.39 is 0 Å². The van der Waals surface area contributed by atoms with E-state index in [4.69, 9.17) is 5.11 Å². The highest BCUT2D eigenvalue weighted by Crippen LogP contribution is 2.13. The normalized spacial score (nSPS) is 13.4. The van der Waals surface area contributed by atoms with Gasteiger partial charge in [0.05, 0.1) is 5.69 Å². The fourth-order valence-electron chi connectivity index (χ4n) is 0.920. The zero-order valence-corrected chi connectivity index (χ0v) is 7.69. The quantitative estimate of drug-likeness (QED) is 0.749. The van der Waals surface area contributed by atoms with E-state index in [1.165, 1.54) is 16.4 Å². The van der Waals surface area contributed by atoms with Crippen molar-refractivity contribution in [2.24, 2.45) is 5.92 Å². The standard InChI is InChI=1S/C8H13NOS/c1-6(5-10)3-8-4-7(2)9-11-8/h4,6,10H,3,5H2,1-2H3. The molecular weight excluding hydrogens is 158 g/mol. The van der Waals surface area contributed by atoms with Crippen LogP contribution in [0.1, 0.15) is 17.5 Å². The minimum absolute atomic E-state index is 0.261. The van der Waals surface area contributed by atoms with Crippen LogP contribution >= 0.6 is 11.5 Å². The molecule has 0 fully saturated rings. The maximum absolute atomic E-state index is 8.79. The molecule has 0 aromatic carbocycles. The number of hydrogen-bond donors (Lipinski definition) is 1. The van der Waals surface area contributed by atoms with E-state index in [1.807, 2.05) is 13.8 Å². The second-order valence-electron chi connectivity index (χ2n) is 2.93. The van der Waals surface area contributed by atoms with Crippen LogP contribution in [0.15, 0.2) is 6.07 Å². The molecular formula is C8H13NOS. The van der Waals surface area contributed by atoms with Gasteiger partial charge in [0.25, 0.3) is 0 Å². The number of rotatable bonds is 3. The van der Waals surface area contributed by atoms with Crippen molar-refractivity contribution in [2.75, 3.05) is 6.61 Å². The van der Waals surface area contributed by atoms with E-state index >= 15 is 0 Å². The lowest BCUT2D eigenvalue weighted by Gasteiger charge is -2.02. The molecule has 0 bridgehead atoms. The highest BCUT2D eigenvalue weighted by atomic mass is 32.1. The maximum Gasteiger partial charge on any atom is 0.0514 e. The van der Waals surface area contributed by atoms with Gasteiger partial charge in [-0.2, -0.15) is 4.37 Å². The highest BCUT2D eigenvalue weighted by Gasteiger charge is 2.03. The fraction of sp³-hybridized carbons (Fsp3) is 0.625. The Morgan fingerprint density at radius 1 is 1.73 bits per heavy atom. The third-order valence-electron chi connectivity index (χ3n) is 1.54. The molecule has 0 amide bonds. The van der Waals surface area contributed by atoms with Crippen molar-refractivity contribution in [2.45, 2.75) is 20.3 Å². The molecule has 1 rings (SSSR count). The molecule has 3 heteroatoms. The lowest BCUT2D eigenvalue weighted by molar-refractivity contribution is 0.237. The minimum Gasteiger partial charge on any atom is -0.396 e. The third kappa shape index (κ3) is 2.60. The molecule has 0 aliphatic carbocycles. The van der Waals surface area contributed by atoms with Gasteiger partial charge in [0.2, 0.25) is 0 Å². The SMILES string of the molecule is Cc1cc(CC(C)CO)sn1. The van der Waals surface area contributed by atoms with Crippen LogP contribution in [0.4, 0.5) is 0 Å². The number of nitrogens with zero attached hydrogens (tertiary/aromatic N) is 1. The maximum atomic E-state index is 8.79. The molecule has 62 valence electrons. The van der Waals surface area contributed by atoms with Gasteiger partial charge in [-0.1, -0.05) is 6.92 Å². The van der Waals surface area contributed by atoms with Crippen LogP contribution in [-0.2, 0) is 6.42 Å². The van der Waals surface area contributed by atoms with Gasteiger partial charge in [-0.25, -0.2) is 0 Å². The summed E-state index contributed by atoms with van der Waals surface area (Å²) in [4.78, 5) is 1.27. The van der Waals surface area contributed by atoms with Gasteiger partial charge in [0.1, 0.15) is 0 Å². The predicted octanol–water partition coefficient (Wildman–Crippen LogP) is 1.62. The summed E-state index contributed by atoms with van der Waals surface area (Å²) in [5.74, 6) is 0.356. The van der Waals surface area contributed by atoms with Crippen LogP contribution in [0.2, 0.25) is 0 Å². The molecule has 0 saturated carbocycles. The second-order valence-corrected chi connectivity index (χ2v) is 3.82. The molecule has 0 aliphatic heterocycles. The molecule has 0 spiro atoms. The summed E-state index contributed by atoms with van der Waals surface area (Å²) in [6, 6.07) is 2.08. The van der Waals surface area contributed by atoms with Gasteiger partial charge < -0.3 is 5.11 Å². The minimum atomic E-state index is 0.261. The van der Waals surface area contributed by atoms with Crippen LogP contribution in [0.3, 0.4) is 0 Å². The smallest absolute Gasteiger partial charge is 0.0514 e. The zero-order valence-electron chi connectivity index (χ0n) is 6.87. The van der Waals surface area contributed by atoms with Gasteiger partial charge in [-0.3, -0.25) is 0 Å². The van der Waals surface area contributed by atoms with Gasteiger partial charge in [0.15, 0.2) is 0 Å². The molecule has 1 atom stereocenters. The number of aliphatic hydroxyl groups is 1. The second kappa shape index (κ2) is 3.83.